The number of morpholine rings is 1. The number of nitrogens with two attached hydrogens (primary N) is 1. The van der Waals surface area contributed by atoms with Crippen molar-refractivity contribution in [2.24, 2.45) is 0 Å². The van der Waals surface area contributed by atoms with Crippen molar-refractivity contribution in [2.45, 2.75) is 66.3 Å². The average Bonchev–Trinajstić information content (AvgIpc) is 3.33. The lowest BCUT2D eigenvalue weighted by Gasteiger charge is -2.47. The first-order valence-corrected chi connectivity index (χ1v) is 17.7. The molecule has 3 N–H and O–H groups in total. The van der Waals surface area contributed by atoms with Crippen LogP contribution in [0.3, 0.4) is 0 Å². The van der Waals surface area contributed by atoms with Crippen molar-refractivity contribution in [1.29, 1.82) is 0 Å². The fourth-order valence-electron chi connectivity index (χ4n) is 7.98. The lowest BCUT2D eigenvalue weighted by molar-refractivity contribution is 0.0516. The number of nitrogens with zero attached hydrogens (tertiary/aromatic N) is 6. The molecule has 6 atom stereocenters. The molecule has 2 aromatic heterocycles. The number of benzene rings is 1. The Morgan fingerprint density at radius 3 is 2.72 bits per heavy atom. The van der Waals surface area contributed by atoms with E-state index in [1.807, 2.05) is 0 Å². The highest BCUT2D eigenvalue weighted by molar-refractivity contribution is 7.83. The van der Waals surface area contributed by atoms with Crippen LogP contribution in [0.1, 0.15) is 36.9 Å². The quantitative estimate of drug-likeness (QED) is 0.373. The molecular formula is C30H32F4N8O3S2. The lowest BCUT2D eigenvalue weighted by atomic mass is 9.95. The third-order valence-corrected chi connectivity index (χ3v) is 12.7. The van der Waals surface area contributed by atoms with Crippen LogP contribution in [0.15, 0.2) is 17.0 Å². The minimum atomic E-state index is -3.09. The second kappa shape index (κ2) is 10.7. The van der Waals surface area contributed by atoms with Crippen LogP contribution in [0.4, 0.5) is 28.5 Å². The molecule has 4 saturated heterocycles. The van der Waals surface area contributed by atoms with Crippen LogP contribution in [0.2, 0.25) is 0 Å². The maximum atomic E-state index is 14.9. The molecule has 6 aliphatic rings. The van der Waals surface area contributed by atoms with Gasteiger partial charge in [0, 0.05) is 38.0 Å². The number of fused-ring (bicyclic) bond motifs is 5. The Morgan fingerprint density at radius 1 is 1.17 bits per heavy atom. The first kappa shape index (κ1) is 30.0. The van der Waals surface area contributed by atoms with Gasteiger partial charge in [-0.2, -0.15) is 9.97 Å². The molecule has 5 fully saturated rings. The molecule has 4 unspecified atom stereocenters. The van der Waals surface area contributed by atoms with Crippen LogP contribution in [-0.2, 0) is 15.7 Å². The van der Waals surface area contributed by atoms with Crippen molar-refractivity contribution in [1.82, 2.24) is 29.5 Å². The Kier molecular flexibility index (Phi) is 6.82. The Balaban J connectivity index is 1.21. The summed E-state index contributed by atoms with van der Waals surface area (Å²) in [6.07, 6.45) is 2.25. The van der Waals surface area contributed by atoms with Crippen molar-refractivity contribution < 1.29 is 31.2 Å². The summed E-state index contributed by atoms with van der Waals surface area (Å²) in [4.78, 5) is 18.2. The second-order valence-electron chi connectivity index (χ2n) is 13.2. The molecular weight excluding hydrogens is 661 g/mol. The van der Waals surface area contributed by atoms with Crippen LogP contribution < -0.4 is 20.7 Å². The predicted molar refractivity (Wildman–Crippen MR) is 168 cm³/mol. The van der Waals surface area contributed by atoms with Crippen LogP contribution in [-0.4, -0.2) is 110 Å². The number of hydrogen-bond acceptors (Lipinski definition) is 11. The van der Waals surface area contributed by atoms with Crippen molar-refractivity contribution in [3.63, 3.8) is 0 Å². The number of hydrogen-bond donors (Lipinski definition) is 2. The largest absolute Gasteiger partial charge is 0.461 e. The molecule has 1 aromatic carbocycles. The number of alkyl halides is 3. The molecule has 5 aliphatic heterocycles. The van der Waals surface area contributed by atoms with Gasteiger partial charge >= 0.3 is 6.01 Å². The van der Waals surface area contributed by atoms with E-state index in [0.29, 0.717) is 50.7 Å². The zero-order valence-corrected chi connectivity index (χ0v) is 26.8. The lowest BCUT2D eigenvalue weighted by Crippen LogP contribution is -2.64. The van der Waals surface area contributed by atoms with Gasteiger partial charge in [0.2, 0.25) is 0 Å². The zero-order chi connectivity index (χ0) is 32.2. The normalized spacial score (nSPS) is 32.8. The van der Waals surface area contributed by atoms with E-state index in [0.717, 1.165) is 30.7 Å². The summed E-state index contributed by atoms with van der Waals surface area (Å²) in [5.74, 6) is -3.29. The summed E-state index contributed by atoms with van der Waals surface area (Å²) in [7, 11) is -2.19. The fourth-order valence-corrected chi connectivity index (χ4v) is 10.3. The second-order valence-corrected chi connectivity index (χ2v) is 15.6. The molecule has 2 bridgehead atoms. The van der Waals surface area contributed by atoms with Crippen LogP contribution in [0, 0.1) is 5.82 Å². The van der Waals surface area contributed by atoms with Gasteiger partial charge in [-0.3, -0.25) is 9.21 Å². The third kappa shape index (κ3) is 4.75. The van der Waals surface area contributed by atoms with E-state index in [9.17, 15) is 21.8 Å². The van der Waals surface area contributed by atoms with Gasteiger partial charge in [-0.25, -0.2) is 26.8 Å². The van der Waals surface area contributed by atoms with Crippen LogP contribution in [0.25, 0.3) is 22.0 Å². The molecule has 0 amide bonds. The molecule has 7 heterocycles. The molecule has 1 saturated carbocycles. The molecule has 250 valence electrons. The number of aromatic nitrogens is 3. The molecule has 1 aliphatic carbocycles. The van der Waals surface area contributed by atoms with Gasteiger partial charge in [0.05, 0.1) is 52.4 Å². The minimum Gasteiger partial charge on any atom is -0.461 e. The Morgan fingerprint density at radius 2 is 1.96 bits per heavy atom. The number of nitrogen functional groups attached to an aromatic ring is 1. The first-order chi connectivity index (χ1) is 22.6. The molecule has 0 radical (unpaired) electrons. The fraction of sp³-hybridized carbons (Fsp3) is 0.567. The van der Waals surface area contributed by atoms with E-state index in [1.54, 1.807) is 6.08 Å². The number of rotatable bonds is 6. The van der Waals surface area contributed by atoms with Crippen molar-refractivity contribution in [2.75, 3.05) is 56.6 Å². The van der Waals surface area contributed by atoms with Gasteiger partial charge in [-0.1, -0.05) is 11.3 Å². The molecule has 47 heavy (non-hydrogen) atoms. The van der Waals surface area contributed by atoms with E-state index < -0.39 is 46.9 Å². The number of nitrogens with one attached hydrogen (secondary N) is 1. The number of anilines is 2. The van der Waals surface area contributed by atoms with Gasteiger partial charge in [0.15, 0.2) is 21.9 Å². The standard InChI is InChI=1S/C30H32F4N8O3S2/c31-15-7-29(4-1-5-40(29)11-15)14-45-28-37-20-6-21(18-2-3-19(32)24-23(18)38-27(35)46-24)42(22-8-30(22,33)34)47(43)25(20)26(39-28)41-16-9-36-10-17(41)13-44-12-16/h2-3,6,15-17,22,36H,1,4-5,7-14H2,(H2,35,38)/t15-,16?,17?,22?,29+,47?/m1/s1. The maximum absolute atomic E-state index is 14.9. The van der Waals surface area contributed by atoms with E-state index in [2.05, 4.69) is 20.1 Å². The van der Waals surface area contributed by atoms with Crippen molar-refractivity contribution >= 4 is 55.3 Å². The van der Waals surface area contributed by atoms with Gasteiger partial charge in [-0.15, -0.1) is 0 Å². The summed E-state index contributed by atoms with van der Waals surface area (Å²) >= 11 is 0.948. The highest BCUT2D eigenvalue weighted by Gasteiger charge is 2.63. The minimum absolute atomic E-state index is 0.0276. The SMILES string of the molecule is Nc1nc2c(C3=Cc4nc(OC[C@@]56CCCN5C[C@H](F)C6)nc(N5C6CNCC5COC6)c4S(=O)N3C3CC3(F)F)ccc(F)c2s1. The summed E-state index contributed by atoms with van der Waals surface area (Å²) in [6, 6.07) is 1.02. The maximum Gasteiger partial charge on any atom is 0.319 e. The average molecular weight is 693 g/mol. The summed E-state index contributed by atoms with van der Waals surface area (Å²) < 4.78 is 87.4. The Bertz CT molecular complexity index is 1820. The van der Waals surface area contributed by atoms with Gasteiger partial charge in [0.25, 0.3) is 5.92 Å². The highest BCUT2D eigenvalue weighted by atomic mass is 32.2. The molecule has 0 spiro atoms. The van der Waals surface area contributed by atoms with Crippen LogP contribution >= 0.6 is 11.3 Å². The summed E-state index contributed by atoms with van der Waals surface area (Å²) in [5, 5.41) is 3.52. The van der Waals surface area contributed by atoms with Gasteiger partial charge in [0.1, 0.15) is 29.5 Å². The molecule has 3 aromatic rings. The highest BCUT2D eigenvalue weighted by Crippen LogP contribution is 2.53. The van der Waals surface area contributed by atoms with Crippen molar-refractivity contribution in [3.8, 4) is 6.01 Å². The number of thiazole rings is 1. The van der Waals surface area contributed by atoms with Gasteiger partial charge in [-0.05, 0) is 37.6 Å². The summed E-state index contributed by atoms with van der Waals surface area (Å²) in [5.41, 5.74) is 6.41. The topological polar surface area (TPSA) is 122 Å². The number of piperazine rings is 1. The van der Waals surface area contributed by atoms with E-state index in [1.165, 1.54) is 16.4 Å². The number of halogens is 4. The number of ether oxygens (including phenoxy) is 2. The monoisotopic (exact) mass is 692 g/mol. The smallest absolute Gasteiger partial charge is 0.319 e. The Hall–Kier alpha value is -3.12. The van der Waals surface area contributed by atoms with Crippen LogP contribution in [0.5, 0.6) is 6.01 Å². The van der Waals surface area contributed by atoms with Gasteiger partial charge < -0.3 is 25.4 Å². The Labute approximate surface area is 273 Å². The molecule has 17 heteroatoms. The van der Waals surface area contributed by atoms with E-state index in [-0.39, 0.29) is 56.3 Å². The van der Waals surface area contributed by atoms with E-state index in [4.69, 9.17) is 25.2 Å². The van der Waals surface area contributed by atoms with E-state index >= 15 is 0 Å². The van der Waals surface area contributed by atoms with Crippen molar-refractivity contribution in [3.05, 3.63) is 29.2 Å². The zero-order valence-electron chi connectivity index (χ0n) is 25.1. The summed E-state index contributed by atoms with van der Waals surface area (Å²) in [6.45, 7) is 3.29. The molecule has 9 rings (SSSR count). The predicted octanol–water partition coefficient (Wildman–Crippen LogP) is 3.18. The molecule has 11 nitrogen and oxygen atoms in total. The first-order valence-electron chi connectivity index (χ1n) is 15.8. The third-order valence-electron chi connectivity index (χ3n) is 10.2.